The van der Waals surface area contributed by atoms with E-state index in [1.165, 1.54) is 7.11 Å². The Kier molecular flexibility index (Phi) is 9.86. The number of carbonyl (C=O) groups is 3. The number of hydrogen-bond donors (Lipinski definition) is 0. The molecule has 0 rings (SSSR count). The zero-order chi connectivity index (χ0) is 13.8. The molecule has 0 unspecified atom stereocenters. The van der Waals surface area contributed by atoms with E-state index in [-0.39, 0.29) is 19.0 Å². The molecular weight excluding hydrogens is 240 g/mol. The van der Waals surface area contributed by atoms with Gasteiger partial charge in [-0.05, 0) is 26.2 Å². The fourth-order valence-electron chi connectivity index (χ4n) is 1.18. The van der Waals surface area contributed by atoms with Crippen molar-refractivity contribution in [2.24, 2.45) is 0 Å². The molecule has 18 heavy (non-hydrogen) atoms. The highest BCUT2D eigenvalue weighted by Gasteiger charge is 2.07. The zero-order valence-corrected chi connectivity index (χ0v) is 10.9. The second-order valence-electron chi connectivity index (χ2n) is 3.83. The molecule has 0 radical (unpaired) electrons. The van der Waals surface area contributed by atoms with Crippen molar-refractivity contribution in [1.29, 1.82) is 0 Å². The van der Waals surface area contributed by atoms with Crippen LogP contribution in [0.25, 0.3) is 0 Å². The molecule has 6 nitrogen and oxygen atoms in total. The first-order chi connectivity index (χ1) is 8.56. The molecule has 0 fully saturated rings. The molecule has 0 heterocycles. The highest BCUT2D eigenvalue weighted by Crippen LogP contribution is 2.00. The molecule has 0 aromatic carbocycles. The van der Waals surface area contributed by atoms with Gasteiger partial charge in [0.1, 0.15) is 12.4 Å². The lowest BCUT2D eigenvalue weighted by molar-refractivity contribution is -0.160. The van der Waals surface area contributed by atoms with Gasteiger partial charge in [0.2, 0.25) is 0 Å². The van der Waals surface area contributed by atoms with Crippen molar-refractivity contribution in [3.8, 4) is 0 Å². The summed E-state index contributed by atoms with van der Waals surface area (Å²) in [6.07, 6.45) is 2.89. The minimum absolute atomic E-state index is 0.164. The smallest absolute Gasteiger partial charge is 0.344 e. The van der Waals surface area contributed by atoms with E-state index in [1.807, 2.05) is 0 Å². The quantitative estimate of drug-likeness (QED) is 0.428. The number of Topliss-reactive ketones (excluding diaryl/α,β-unsaturated/α-hetero) is 1. The van der Waals surface area contributed by atoms with Gasteiger partial charge in [0.15, 0.2) is 6.61 Å². The summed E-state index contributed by atoms with van der Waals surface area (Å²) in [7, 11) is 1.36. The summed E-state index contributed by atoms with van der Waals surface area (Å²) in [5.41, 5.74) is 0. The SMILES string of the molecule is COCC(=O)OCC(=O)OCCCCCC(C)=O. The molecule has 104 valence electrons. The van der Waals surface area contributed by atoms with Crippen LogP contribution in [0.5, 0.6) is 0 Å². The van der Waals surface area contributed by atoms with Crippen LogP contribution in [0.3, 0.4) is 0 Å². The first-order valence-electron chi connectivity index (χ1n) is 5.86. The fraction of sp³-hybridized carbons (Fsp3) is 0.750. The van der Waals surface area contributed by atoms with Crippen LogP contribution in [0.4, 0.5) is 0 Å². The van der Waals surface area contributed by atoms with Gasteiger partial charge in [-0.25, -0.2) is 9.59 Å². The van der Waals surface area contributed by atoms with Crippen LogP contribution in [-0.4, -0.2) is 44.7 Å². The Balaban J connectivity index is 3.37. The average molecular weight is 260 g/mol. The lowest BCUT2D eigenvalue weighted by Crippen LogP contribution is -2.19. The number of ether oxygens (including phenoxy) is 3. The van der Waals surface area contributed by atoms with Crippen molar-refractivity contribution in [3.05, 3.63) is 0 Å². The van der Waals surface area contributed by atoms with E-state index in [4.69, 9.17) is 4.74 Å². The van der Waals surface area contributed by atoms with Gasteiger partial charge in [0.25, 0.3) is 0 Å². The van der Waals surface area contributed by atoms with Crippen LogP contribution in [0.1, 0.15) is 32.6 Å². The van der Waals surface area contributed by atoms with E-state index in [0.29, 0.717) is 12.8 Å². The molecule has 0 aliphatic carbocycles. The molecule has 0 aliphatic rings. The van der Waals surface area contributed by atoms with Gasteiger partial charge in [-0.15, -0.1) is 0 Å². The Morgan fingerprint density at radius 2 is 1.56 bits per heavy atom. The third-order valence-corrected chi connectivity index (χ3v) is 2.05. The molecule has 0 saturated heterocycles. The summed E-state index contributed by atoms with van der Waals surface area (Å²) in [6, 6.07) is 0. The zero-order valence-electron chi connectivity index (χ0n) is 10.9. The Labute approximate surface area is 107 Å². The standard InChI is InChI=1S/C12H20O6/c1-10(13)6-4-3-5-7-17-12(15)9-18-11(14)8-16-2/h3-9H2,1-2H3. The molecule has 0 amide bonds. The maximum Gasteiger partial charge on any atom is 0.344 e. The maximum atomic E-state index is 11.1. The maximum absolute atomic E-state index is 11.1. The summed E-state index contributed by atoms with van der Waals surface area (Å²) in [6.45, 7) is 1.25. The van der Waals surface area contributed by atoms with Crippen LogP contribution in [0, 0.1) is 0 Å². The van der Waals surface area contributed by atoms with Crippen LogP contribution < -0.4 is 0 Å². The summed E-state index contributed by atoms with van der Waals surface area (Å²) in [4.78, 5) is 32.6. The number of rotatable bonds is 10. The van der Waals surface area contributed by atoms with Gasteiger partial charge < -0.3 is 19.0 Å². The largest absolute Gasteiger partial charge is 0.463 e. The highest BCUT2D eigenvalue weighted by atomic mass is 16.6. The average Bonchev–Trinajstić information content (AvgIpc) is 2.31. The van der Waals surface area contributed by atoms with Gasteiger partial charge in [0, 0.05) is 13.5 Å². The number of hydrogen-bond acceptors (Lipinski definition) is 6. The van der Waals surface area contributed by atoms with E-state index < -0.39 is 18.5 Å². The van der Waals surface area contributed by atoms with Gasteiger partial charge in [-0.3, -0.25) is 0 Å². The topological polar surface area (TPSA) is 78.9 Å². The molecular formula is C12H20O6. The fourth-order valence-corrected chi connectivity index (χ4v) is 1.18. The molecule has 0 saturated carbocycles. The number of ketones is 1. The molecule has 0 aromatic heterocycles. The van der Waals surface area contributed by atoms with Crippen molar-refractivity contribution >= 4 is 17.7 Å². The minimum atomic E-state index is -0.601. The summed E-state index contributed by atoms with van der Waals surface area (Å²) in [5.74, 6) is -1.01. The van der Waals surface area contributed by atoms with E-state index >= 15 is 0 Å². The van der Waals surface area contributed by atoms with Gasteiger partial charge in [-0.2, -0.15) is 0 Å². The van der Waals surface area contributed by atoms with Crippen LogP contribution in [0.15, 0.2) is 0 Å². The predicted octanol–water partition coefficient (Wildman–Crippen LogP) is 0.869. The summed E-state index contributed by atoms with van der Waals surface area (Å²) >= 11 is 0. The van der Waals surface area contributed by atoms with E-state index in [1.54, 1.807) is 6.92 Å². The van der Waals surface area contributed by atoms with Crippen molar-refractivity contribution < 1.29 is 28.6 Å². The number of unbranched alkanes of at least 4 members (excludes halogenated alkanes) is 2. The van der Waals surface area contributed by atoms with Crippen molar-refractivity contribution in [2.45, 2.75) is 32.6 Å². The Bertz CT molecular complexity index is 274. The summed E-state index contributed by atoms with van der Waals surface area (Å²) < 4.78 is 13.9. The molecule has 0 aromatic rings. The third kappa shape index (κ3) is 11.1. The minimum Gasteiger partial charge on any atom is -0.463 e. The first-order valence-corrected chi connectivity index (χ1v) is 5.86. The third-order valence-electron chi connectivity index (χ3n) is 2.05. The van der Waals surface area contributed by atoms with Crippen LogP contribution in [-0.2, 0) is 28.6 Å². The van der Waals surface area contributed by atoms with Crippen LogP contribution in [0.2, 0.25) is 0 Å². The molecule has 0 N–H and O–H groups in total. The molecule has 6 heteroatoms. The second-order valence-corrected chi connectivity index (χ2v) is 3.83. The molecule has 0 aliphatic heterocycles. The Hall–Kier alpha value is -1.43. The first kappa shape index (κ1) is 16.6. The Morgan fingerprint density at radius 1 is 0.889 bits per heavy atom. The van der Waals surface area contributed by atoms with Gasteiger partial charge in [0.05, 0.1) is 6.61 Å². The Morgan fingerprint density at radius 3 is 2.17 bits per heavy atom. The lowest BCUT2D eigenvalue weighted by atomic mass is 10.1. The van der Waals surface area contributed by atoms with Crippen molar-refractivity contribution in [1.82, 2.24) is 0 Å². The van der Waals surface area contributed by atoms with E-state index in [0.717, 1.165) is 12.8 Å². The molecule has 0 atom stereocenters. The van der Waals surface area contributed by atoms with Gasteiger partial charge >= 0.3 is 11.9 Å². The van der Waals surface area contributed by atoms with Crippen molar-refractivity contribution in [2.75, 3.05) is 26.9 Å². The normalized spacial score (nSPS) is 9.89. The van der Waals surface area contributed by atoms with E-state index in [9.17, 15) is 14.4 Å². The van der Waals surface area contributed by atoms with Crippen LogP contribution >= 0.6 is 0 Å². The number of carbonyl (C=O) groups excluding carboxylic acids is 3. The second kappa shape index (κ2) is 10.7. The molecule has 0 spiro atoms. The van der Waals surface area contributed by atoms with E-state index in [2.05, 4.69) is 9.47 Å². The van der Waals surface area contributed by atoms with Crippen molar-refractivity contribution in [3.63, 3.8) is 0 Å². The van der Waals surface area contributed by atoms with Gasteiger partial charge in [-0.1, -0.05) is 0 Å². The number of esters is 2. The summed E-state index contributed by atoms with van der Waals surface area (Å²) in [5, 5.41) is 0. The highest BCUT2D eigenvalue weighted by molar-refractivity contribution is 5.77. The predicted molar refractivity (Wildman–Crippen MR) is 62.9 cm³/mol. The molecule has 0 bridgehead atoms. The lowest BCUT2D eigenvalue weighted by Gasteiger charge is -2.05. The monoisotopic (exact) mass is 260 g/mol. The number of methoxy groups -OCH3 is 1.